The molecule has 188 valence electrons. The quantitative estimate of drug-likeness (QED) is 0.634. The number of amides is 2. The first-order chi connectivity index (χ1) is 16.8. The van der Waals surface area contributed by atoms with Gasteiger partial charge in [0.25, 0.3) is 0 Å². The molecule has 35 heavy (non-hydrogen) atoms. The van der Waals surface area contributed by atoms with E-state index < -0.39 is 24.2 Å². The molecule has 7 heteroatoms. The number of carbonyl (C=O) groups is 2. The number of aromatic nitrogens is 1. The third-order valence-corrected chi connectivity index (χ3v) is 7.12. The van der Waals surface area contributed by atoms with Crippen molar-refractivity contribution in [2.24, 2.45) is 0 Å². The Kier molecular flexibility index (Phi) is 7.85. The van der Waals surface area contributed by atoms with Crippen LogP contribution in [0.5, 0.6) is 0 Å². The van der Waals surface area contributed by atoms with Crippen LogP contribution >= 0.6 is 0 Å². The summed E-state index contributed by atoms with van der Waals surface area (Å²) in [6.45, 7) is 6.80. The third kappa shape index (κ3) is 5.89. The highest BCUT2D eigenvalue weighted by atomic mass is 19.1. The summed E-state index contributed by atoms with van der Waals surface area (Å²) in [5.74, 6) is -0.697. The molecule has 1 saturated carbocycles. The van der Waals surface area contributed by atoms with Gasteiger partial charge in [0.15, 0.2) is 0 Å². The zero-order valence-corrected chi connectivity index (χ0v) is 21.0. The van der Waals surface area contributed by atoms with Crippen molar-refractivity contribution < 1.29 is 14.0 Å². The van der Waals surface area contributed by atoms with E-state index in [4.69, 9.17) is 0 Å². The number of benzene rings is 1. The van der Waals surface area contributed by atoms with E-state index in [2.05, 4.69) is 36.4 Å². The van der Waals surface area contributed by atoms with Crippen LogP contribution in [0.4, 0.5) is 10.1 Å². The Hall–Kier alpha value is -2.80. The second-order valence-corrected chi connectivity index (χ2v) is 10.8. The monoisotopic (exact) mass is 480 g/mol. The highest BCUT2D eigenvalue weighted by Crippen LogP contribution is 2.33. The average Bonchev–Trinajstić information content (AvgIpc) is 3.28. The number of halogens is 1. The molecule has 2 heterocycles. The van der Waals surface area contributed by atoms with Crippen LogP contribution in [0.2, 0.25) is 0 Å². The lowest BCUT2D eigenvalue weighted by molar-refractivity contribution is -0.128. The molecular formula is C28H37FN4O2. The van der Waals surface area contributed by atoms with Crippen molar-refractivity contribution in [3.63, 3.8) is 0 Å². The highest BCUT2D eigenvalue weighted by molar-refractivity contribution is 6.04. The van der Waals surface area contributed by atoms with E-state index in [1.165, 1.54) is 11.3 Å². The Labute approximate surface area is 207 Å². The normalized spacial score (nSPS) is 21.9. The van der Waals surface area contributed by atoms with Crippen molar-refractivity contribution in [2.75, 3.05) is 11.4 Å². The van der Waals surface area contributed by atoms with Gasteiger partial charge in [0.2, 0.25) is 11.8 Å². The number of hydrogen-bond donors (Lipinski definition) is 2. The largest absolute Gasteiger partial charge is 0.351 e. The van der Waals surface area contributed by atoms with E-state index in [1.807, 2.05) is 24.3 Å². The van der Waals surface area contributed by atoms with Gasteiger partial charge in [-0.15, -0.1) is 0 Å². The molecule has 0 radical (unpaired) electrons. The summed E-state index contributed by atoms with van der Waals surface area (Å²) < 4.78 is 14.8. The minimum atomic E-state index is -1.30. The van der Waals surface area contributed by atoms with Gasteiger partial charge < -0.3 is 10.6 Å². The second kappa shape index (κ2) is 10.9. The summed E-state index contributed by atoms with van der Waals surface area (Å²) in [6.07, 6.45) is 7.42. The Morgan fingerprint density at radius 3 is 2.37 bits per heavy atom. The molecule has 2 fully saturated rings. The van der Waals surface area contributed by atoms with Gasteiger partial charge in [-0.1, -0.05) is 58.2 Å². The number of nitrogens with zero attached hydrogens (tertiary/aromatic N) is 2. The smallest absolute Gasteiger partial charge is 0.248 e. The molecule has 6 nitrogen and oxygen atoms in total. The maximum Gasteiger partial charge on any atom is 0.248 e. The fourth-order valence-corrected chi connectivity index (χ4v) is 5.07. The number of pyridine rings is 1. The number of hydrogen-bond acceptors (Lipinski definition) is 4. The van der Waals surface area contributed by atoms with Crippen LogP contribution in [-0.4, -0.2) is 41.6 Å². The first-order valence-electron chi connectivity index (χ1n) is 12.8. The minimum Gasteiger partial charge on any atom is -0.351 e. The fourth-order valence-electron chi connectivity index (χ4n) is 5.07. The maximum atomic E-state index is 14.8. The zero-order chi connectivity index (χ0) is 25.0. The van der Waals surface area contributed by atoms with Gasteiger partial charge in [0.05, 0.1) is 0 Å². The highest BCUT2D eigenvalue weighted by Gasteiger charge is 2.41. The van der Waals surface area contributed by atoms with E-state index in [9.17, 15) is 14.0 Å². The summed E-state index contributed by atoms with van der Waals surface area (Å²) in [4.78, 5) is 33.4. The Morgan fingerprint density at radius 2 is 1.80 bits per heavy atom. The zero-order valence-electron chi connectivity index (χ0n) is 21.0. The van der Waals surface area contributed by atoms with Crippen LogP contribution in [0.15, 0.2) is 48.8 Å². The Morgan fingerprint density at radius 1 is 1.09 bits per heavy atom. The molecule has 3 unspecified atom stereocenters. The maximum absolute atomic E-state index is 14.8. The number of carbonyl (C=O) groups excluding carboxylic acids is 2. The molecule has 4 rings (SSSR count). The predicted octanol–water partition coefficient (Wildman–Crippen LogP) is 4.60. The number of alkyl halides is 1. The minimum absolute atomic E-state index is 0.0640. The number of rotatable bonds is 6. The molecule has 1 aliphatic heterocycles. The topological polar surface area (TPSA) is 74.3 Å². The van der Waals surface area contributed by atoms with Gasteiger partial charge in [0.1, 0.15) is 18.3 Å². The van der Waals surface area contributed by atoms with Crippen LogP contribution in [0.3, 0.4) is 0 Å². The van der Waals surface area contributed by atoms with Crippen molar-refractivity contribution in [3.05, 3.63) is 59.9 Å². The van der Waals surface area contributed by atoms with Crippen molar-refractivity contribution in [1.82, 2.24) is 15.6 Å². The molecule has 2 N–H and O–H groups in total. The first kappa shape index (κ1) is 25.3. The van der Waals surface area contributed by atoms with Crippen molar-refractivity contribution in [3.8, 4) is 0 Å². The summed E-state index contributed by atoms with van der Waals surface area (Å²) in [7, 11) is 0. The average molecular weight is 481 g/mol. The molecule has 2 aliphatic rings. The molecule has 0 spiro atoms. The van der Waals surface area contributed by atoms with Gasteiger partial charge in [-0.2, -0.15) is 0 Å². The van der Waals surface area contributed by atoms with Gasteiger partial charge >= 0.3 is 0 Å². The third-order valence-electron chi connectivity index (χ3n) is 7.12. The lowest BCUT2D eigenvalue weighted by Crippen LogP contribution is -2.53. The first-order valence-corrected chi connectivity index (χ1v) is 12.8. The van der Waals surface area contributed by atoms with Crippen molar-refractivity contribution in [2.45, 2.75) is 89.0 Å². The fraction of sp³-hybridized carbons (Fsp3) is 0.536. The van der Waals surface area contributed by atoms with Gasteiger partial charge in [-0.3, -0.25) is 19.5 Å². The van der Waals surface area contributed by atoms with E-state index in [0.29, 0.717) is 17.8 Å². The number of anilines is 1. The predicted molar refractivity (Wildman–Crippen MR) is 136 cm³/mol. The standard InChI is InChI=1S/C28H37FN4O2/c1-28(2,3)20-11-13-22(14-12-20)33(27(35)24-23(29)15-17-31-24)25(19-8-7-16-30-18-19)26(34)32-21-9-5-4-6-10-21/h7-8,11-14,16,18,21,23-25,31H,4-6,9-10,15,17H2,1-3H3,(H,32,34). The molecule has 1 aromatic carbocycles. The molecule has 2 aromatic rings. The van der Waals surface area contributed by atoms with E-state index in [-0.39, 0.29) is 23.8 Å². The van der Waals surface area contributed by atoms with Crippen LogP contribution < -0.4 is 15.5 Å². The molecule has 3 atom stereocenters. The van der Waals surface area contributed by atoms with Gasteiger partial charge in [0, 0.05) is 29.7 Å². The summed E-state index contributed by atoms with van der Waals surface area (Å²) in [5, 5.41) is 6.19. The molecule has 1 aliphatic carbocycles. The lowest BCUT2D eigenvalue weighted by atomic mass is 9.87. The lowest BCUT2D eigenvalue weighted by Gasteiger charge is -2.35. The second-order valence-electron chi connectivity index (χ2n) is 10.8. The Bertz CT molecular complexity index is 1000. The van der Waals surface area contributed by atoms with Crippen LogP contribution in [0, 0.1) is 0 Å². The molecule has 0 bridgehead atoms. The van der Waals surface area contributed by atoms with Crippen LogP contribution in [0.1, 0.15) is 76.5 Å². The van der Waals surface area contributed by atoms with Gasteiger partial charge in [-0.05, 0) is 55.0 Å². The summed E-state index contributed by atoms with van der Waals surface area (Å²) >= 11 is 0. The van der Waals surface area contributed by atoms with Gasteiger partial charge in [-0.25, -0.2) is 4.39 Å². The molecule has 1 saturated heterocycles. The summed E-state index contributed by atoms with van der Waals surface area (Å²) in [5.41, 5.74) is 2.21. The van der Waals surface area contributed by atoms with E-state index >= 15 is 0 Å². The molecular weight excluding hydrogens is 443 g/mol. The molecule has 1 aromatic heterocycles. The number of nitrogens with one attached hydrogen (secondary N) is 2. The van der Waals surface area contributed by atoms with E-state index in [0.717, 1.165) is 31.2 Å². The Balaban J connectivity index is 1.75. The van der Waals surface area contributed by atoms with Crippen LogP contribution in [0.25, 0.3) is 0 Å². The molecule has 2 amide bonds. The SMILES string of the molecule is CC(C)(C)c1ccc(N(C(=O)C2NCCC2F)C(C(=O)NC2CCCCC2)c2cccnc2)cc1. The van der Waals surface area contributed by atoms with E-state index in [1.54, 1.807) is 24.5 Å². The van der Waals surface area contributed by atoms with Crippen LogP contribution in [-0.2, 0) is 15.0 Å². The summed E-state index contributed by atoms with van der Waals surface area (Å²) in [6, 6.07) is 9.37. The van der Waals surface area contributed by atoms with Crippen molar-refractivity contribution in [1.29, 1.82) is 0 Å². The van der Waals surface area contributed by atoms with Crippen molar-refractivity contribution >= 4 is 17.5 Å².